The minimum absolute atomic E-state index is 0.205. The Morgan fingerprint density at radius 1 is 1.31 bits per heavy atom. The molecule has 1 N–H and O–H groups in total. The van der Waals surface area contributed by atoms with Crippen molar-refractivity contribution in [1.29, 1.82) is 0 Å². The van der Waals surface area contributed by atoms with Gasteiger partial charge in [-0.25, -0.2) is 0 Å². The van der Waals surface area contributed by atoms with Crippen LogP contribution in [0.25, 0.3) is 0 Å². The van der Waals surface area contributed by atoms with E-state index in [1.165, 1.54) is 25.8 Å². The third-order valence-corrected chi connectivity index (χ3v) is 3.64. The Hall–Kier alpha value is -0.610. The molecule has 0 spiro atoms. The minimum atomic E-state index is 0.205. The molecule has 2 aliphatic heterocycles. The van der Waals surface area contributed by atoms with Gasteiger partial charge in [0, 0.05) is 13.1 Å². The van der Waals surface area contributed by atoms with Gasteiger partial charge in [0.1, 0.15) is 0 Å². The Labute approximate surface area is 98.0 Å². The van der Waals surface area contributed by atoms with E-state index in [-0.39, 0.29) is 5.91 Å². The molecular formula is C12H23N3O. The summed E-state index contributed by atoms with van der Waals surface area (Å²) in [5, 5.41) is 3.06. The van der Waals surface area contributed by atoms with Crippen molar-refractivity contribution < 1.29 is 4.79 Å². The van der Waals surface area contributed by atoms with Gasteiger partial charge in [0.05, 0.1) is 6.54 Å². The lowest BCUT2D eigenvalue weighted by Crippen LogP contribution is -2.38. The zero-order valence-electron chi connectivity index (χ0n) is 10.2. The molecule has 92 valence electrons. The molecule has 2 aliphatic rings. The van der Waals surface area contributed by atoms with Gasteiger partial charge in [-0.3, -0.25) is 9.69 Å². The molecule has 2 heterocycles. The fourth-order valence-electron chi connectivity index (χ4n) is 2.65. The lowest BCUT2D eigenvalue weighted by Gasteiger charge is -2.16. The smallest absolute Gasteiger partial charge is 0.234 e. The minimum Gasteiger partial charge on any atom is -0.355 e. The molecule has 4 nitrogen and oxygen atoms in total. The Morgan fingerprint density at radius 3 is 2.69 bits per heavy atom. The zero-order valence-corrected chi connectivity index (χ0v) is 10.2. The summed E-state index contributed by atoms with van der Waals surface area (Å²) in [5.74, 6) is 0.865. The largest absolute Gasteiger partial charge is 0.355 e. The highest BCUT2D eigenvalue weighted by Crippen LogP contribution is 2.12. The van der Waals surface area contributed by atoms with Gasteiger partial charge >= 0.3 is 0 Å². The van der Waals surface area contributed by atoms with Crippen molar-refractivity contribution in [2.24, 2.45) is 5.92 Å². The first-order valence-electron chi connectivity index (χ1n) is 6.41. The molecule has 0 saturated carbocycles. The monoisotopic (exact) mass is 225 g/mol. The highest BCUT2D eigenvalue weighted by molar-refractivity contribution is 5.78. The summed E-state index contributed by atoms with van der Waals surface area (Å²) < 4.78 is 0. The van der Waals surface area contributed by atoms with Crippen molar-refractivity contribution in [2.45, 2.75) is 19.3 Å². The van der Waals surface area contributed by atoms with Crippen LogP contribution < -0.4 is 5.32 Å². The standard InChI is InChI=1S/C12H23N3O/c1-14-7-4-11(9-14)8-13-12(16)10-15-5-2-3-6-15/h11H,2-10H2,1H3,(H,13,16). The second-order valence-corrected chi connectivity index (χ2v) is 5.20. The Bertz CT molecular complexity index is 238. The van der Waals surface area contributed by atoms with Gasteiger partial charge in [-0.1, -0.05) is 0 Å². The third-order valence-electron chi connectivity index (χ3n) is 3.64. The maximum atomic E-state index is 11.7. The summed E-state index contributed by atoms with van der Waals surface area (Å²) in [5.41, 5.74) is 0. The predicted octanol–water partition coefficient (Wildman–Crippen LogP) is 0.150. The van der Waals surface area contributed by atoms with Gasteiger partial charge in [0.15, 0.2) is 0 Å². The average Bonchev–Trinajstić information content (AvgIpc) is 2.87. The number of nitrogens with one attached hydrogen (secondary N) is 1. The van der Waals surface area contributed by atoms with E-state index in [9.17, 15) is 4.79 Å². The molecule has 4 heteroatoms. The van der Waals surface area contributed by atoms with E-state index in [0.29, 0.717) is 12.5 Å². The fraction of sp³-hybridized carbons (Fsp3) is 0.917. The molecule has 0 bridgehead atoms. The summed E-state index contributed by atoms with van der Waals surface area (Å²) in [6.45, 7) is 5.95. The molecule has 2 rings (SSSR count). The van der Waals surface area contributed by atoms with E-state index >= 15 is 0 Å². The quantitative estimate of drug-likeness (QED) is 0.740. The molecule has 0 aliphatic carbocycles. The van der Waals surface area contributed by atoms with Crippen LogP contribution in [-0.2, 0) is 4.79 Å². The number of hydrogen-bond donors (Lipinski definition) is 1. The van der Waals surface area contributed by atoms with E-state index in [1.807, 2.05) is 0 Å². The average molecular weight is 225 g/mol. The SMILES string of the molecule is CN1CCC(CNC(=O)CN2CCCC2)C1. The molecule has 0 aromatic carbocycles. The number of rotatable bonds is 4. The maximum Gasteiger partial charge on any atom is 0.234 e. The van der Waals surface area contributed by atoms with Crippen LogP contribution in [-0.4, -0.2) is 62.0 Å². The van der Waals surface area contributed by atoms with E-state index in [2.05, 4.69) is 22.2 Å². The van der Waals surface area contributed by atoms with Crippen LogP contribution in [0.1, 0.15) is 19.3 Å². The first-order valence-corrected chi connectivity index (χ1v) is 6.41. The summed E-state index contributed by atoms with van der Waals surface area (Å²) in [6.07, 6.45) is 3.72. The van der Waals surface area contributed by atoms with Gasteiger partial charge in [0.2, 0.25) is 5.91 Å². The van der Waals surface area contributed by atoms with Crippen molar-refractivity contribution in [2.75, 3.05) is 46.3 Å². The molecule has 1 amide bonds. The molecule has 16 heavy (non-hydrogen) atoms. The van der Waals surface area contributed by atoms with Crippen molar-refractivity contribution in [3.63, 3.8) is 0 Å². The van der Waals surface area contributed by atoms with Crippen molar-refractivity contribution in [3.8, 4) is 0 Å². The number of amides is 1. The van der Waals surface area contributed by atoms with Crippen LogP contribution in [0.2, 0.25) is 0 Å². The fourth-order valence-corrected chi connectivity index (χ4v) is 2.65. The zero-order chi connectivity index (χ0) is 11.4. The van der Waals surface area contributed by atoms with Crippen molar-refractivity contribution in [1.82, 2.24) is 15.1 Å². The summed E-state index contributed by atoms with van der Waals surface area (Å²) in [7, 11) is 2.14. The van der Waals surface area contributed by atoms with Crippen molar-refractivity contribution in [3.05, 3.63) is 0 Å². The Morgan fingerprint density at radius 2 is 2.06 bits per heavy atom. The van der Waals surface area contributed by atoms with E-state index in [4.69, 9.17) is 0 Å². The summed E-state index contributed by atoms with van der Waals surface area (Å²) >= 11 is 0. The molecule has 1 unspecified atom stereocenters. The second kappa shape index (κ2) is 5.64. The summed E-state index contributed by atoms with van der Waals surface area (Å²) in [6, 6.07) is 0. The molecule has 2 saturated heterocycles. The van der Waals surface area contributed by atoms with E-state index < -0.39 is 0 Å². The third kappa shape index (κ3) is 3.46. The first-order chi connectivity index (χ1) is 7.74. The lowest BCUT2D eigenvalue weighted by atomic mass is 10.1. The first kappa shape index (κ1) is 11.9. The van der Waals surface area contributed by atoms with Crippen LogP contribution in [0.3, 0.4) is 0 Å². The molecule has 0 radical (unpaired) electrons. The van der Waals surface area contributed by atoms with Gasteiger partial charge in [0.25, 0.3) is 0 Å². The molecule has 2 fully saturated rings. The van der Waals surface area contributed by atoms with Crippen LogP contribution in [0.5, 0.6) is 0 Å². The Balaban J connectivity index is 1.60. The topological polar surface area (TPSA) is 35.6 Å². The highest BCUT2D eigenvalue weighted by Gasteiger charge is 2.20. The van der Waals surface area contributed by atoms with Crippen LogP contribution in [0, 0.1) is 5.92 Å². The lowest BCUT2D eigenvalue weighted by molar-refractivity contribution is -0.122. The normalized spacial score (nSPS) is 27.4. The highest BCUT2D eigenvalue weighted by atomic mass is 16.2. The summed E-state index contributed by atoms with van der Waals surface area (Å²) in [4.78, 5) is 16.2. The van der Waals surface area contributed by atoms with Crippen LogP contribution in [0.4, 0.5) is 0 Å². The van der Waals surface area contributed by atoms with Gasteiger partial charge in [-0.15, -0.1) is 0 Å². The number of likely N-dealkylation sites (tertiary alicyclic amines) is 2. The molecular weight excluding hydrogens is 202 g/mol. The molecule has 0 aromatic heterocycles. The number of carbonyl (C=O) groups is 1. The van der Waals surface area contributed by atoms with Gasteiger partial charge < -0.3 is 10.2 Å². The number of hydrogen-bond acceptors (Lipinski definition) is 3. The van der Waals surface area contributed by atoms with E-state index in [0.717, 1.165) is 26.2 Å². The van der Waals surface area contributed by atoms with Crippen molar-refractivity contribution >= 4 is 5.91 Å². The maximum absolute atomic E-state index is 11.7. The second-order valence-electron chi connectivity index (χ2n) is 5.20. The van der Waals surface area contributed by atoms with Gasteiger partial charge in [-0.2, -0.15) is 0 Å². The Kier molecular flexibility index (Phi) is 4.18. The van der Waals surface area contributed by atoms with E-state index in [1.54, 1.807) is 0 Å². The molecule has 0 aromatic rings. The van der Waals surface area contributed by atoms with Crippen LogP contribution >= 0.6 is 0 Å². The predicted molar refractivity (Wildman–Crippen MR) is 64.3 cm³/mol. The van der Waals surface area contributed by atoms with Gasteiger partial charge in [-0.05, 0) is 51.9 Å². The number of carbonyl (C=O) groups excluding carboxylic acids is 1. The number of nitrogens with zero attached hydrogens (tertiary/aromatic N) is 2. The molecule has 1 atom stereocenters. The van der Waals surface area contributed by atoms with Crippen LogP contribution in [0.15, 0.2) is 0 Å².